The van der Waals surface area contributed by atoms with Crippen molar-refractivity contribution in [1.29, 1.82) is 0 Å². The van der Waals surface area contributed by atoms with Crippen LogP contribution in [0.1, 0.15) is 29.9 Å². The second-order valence-electron chi connectivity index (χ2n) is 4.78. The zero-order valence-corrected chi connectivity index (χ0v) is 10.4. The molecule has 92 valence electrons. The molecule has 0 unspecified atom stereocenters. The largest absolute Gasteiger partial charge is 0.355 e. The van der Waals surface area contributed by atoms with Crippen molar-refractivity contribution in [3.63, 3.8) is 0 Å². The third-order valence-electron chi connectivity index (χ3n) is 3.64. The van der Waals surface area contributed by atoms with Crippen LogP contribution in [-0.4, -0.2) is 6.54 Å². The van der Waals surface area contributed by atoms with E-state index in [1.807, 2.05) is 0 Å². The number of fused-ring (bicyclic) bond motifs is 2. The summed E-state index contributed by atoms with van der Waals surface area (Å²) in [6, 6.07) is 17.1. The molecular weight excluding hydrogens is 220 g/mol. The first-order valence-electron chi connectivity index (χ1n) is 6.55. The Morgan fingerprint density at radius 2 is 1.44 bits per heavy atom. The molecule has 3 N–H and O–H groups in total. The van der Waals surface area contributed by atoms with Gasteiger partial charge in [0, 0.05) is 17.3 Å². The van der Waals surface area contributed by atoms with Crippen LogP contribution in [0.5, 0.6) is 0 Å². The number of rotatable bonds is 3. The molecule has 0 amide bonds. The Morgan fingerprint density at radius 3 is 2.00 bits per heavy atom. The zero-order chi connectivity index (χ0) is 12.4. The van der Waals surface area contributed by atoms with E-state index in [-0.39, 0.29) is 0 Å². The lowest BCUT2D eigenvalue weighted by molar-refractivity contribution is 0.667. The standard InChI is InChI=1S/C16H18N2/c17-11-5-8-12-13-6-1-3-9-15(13)18-16-10-4-2-7-14(12)16/h1-4,6-7,9-10,12,18H,5,8,11,17H2. The molecular formula is C16H18N2. The number of hydrogen-bond donors (Lipinski definition) is 2. The minimum absolute atomic E-state index is 0.474. The summed E-state index contributed by atoms with van der Waals surface area (Å²) < 4.78 is 0. The molecule has 18 heavy (non-hydrogen) atoms. The van der Waals surface area contributed by atoms with Gasteiger partial charge in [0.25, 0.3) is 0 Å². The molecule has 0 bridgehead atoms. The number of nitrogens with one attached hydrogen (secondary N) is 1. The third kappa shape index (κ3) is 1.89. The summed E-state index contributed by atoms with van der Waals surface area (Å²) in [7, 11) is 0. The highest BCUT2D eigenvalue weighted by Crippen LogP contribution is 2.42. The molecule has 0 saturated heterocycles. The van der Waals surface area contributed by atoms with Crippen LogP contribution < -0.4 is 11.1 Å². The van der Waals surface area contributed by atoms with Gasteiger partial charge in [-0.1, -0.05) is 36.4 Å². The molecule has 2 heteroatoms. The summed E-state index contributed by atoms with van der Waals surface area (Å²) >= 11 is 0. The fourth-order valence-corrected chi connectivity index (χ4v) is 2.78. The van der Waals surface area contributed by atoms with E-state index in [0.717, 1.165) is 19.4 Å². The van der Waals surface area contributed by atoms with E-state index in [4.69, 9.17) is 5.73 Å². The lowest BCUT2D eigenvalue weighted by Gasteiger charge is -2.29. The third-order valence-corrected chi connectivity index (χ3v) is 3.64. The SMILES string of the molecule is NCCCC1c2ccccc2Nc2ccccc21. The summed E-state index contributed by atoms with van der Waals surface area (Å²) in [6.45, 7) is 0.758. The number of anilines is 2. The van der Waals surface area contributed by atoms with E-state index in [0.29, 0.717) is 5.92 Å². The van der Waals surface area contributed by atoms with Crippen molar-refractivity contribution in [3.05, 3.63) is 59.7 Å². The van der Waals surface area contributed by atoms with Gasteiger partial charge < -0.3 is 11.1 Å². The lowest BCUT2D eigenvalue weighted by atomic mass is 9.83. The van der Waals surface area contributed by atoms with E-state index >= 15 is 0 Å². The van der Waals surface area contributed by atoms with Crippen LogP contribution in [0.15, 0.2) is 48.5 Å². The van der Waals surface area contributed by atoms with E-state index in [1.165, 1.54) is 22.5 Å². The van der Waals surface area contributed by atoms with Gasteiger partial charge in [-0.15, -0.1) is 0 Å². The van der Waals surface area contributed by atoms with Crippen molar-refractivity contribution in [2.75, 3.05) is 11.9 Å². The van der Waals surface area contributed by atoms with Crippen molar-refractivity contribution in [1.82, 2.24) is 0 Å². The summed E-state index contributed by atoms with van der Waals surface area (Å²) in [4.78, 5) is 0. The Morgan fingerprint density at radius 1 is 0.889 bits per heavy atom. The Labute approximate surface area is 108 Å². The Bertz CT molecular complexity index is 503. The van der Waals surface area contributed by atoms with Crippen LogP contribution in [0.2, 0.25) is 0 Å². The molecule has 2 nitrogen and oxygen atoms in total. The molecule has 2 aromatic carbocycles. The quantitative estimate of drug-likeness (QED) is 0.857. The van der Waals surface area contributed by atoms with Gasteiger partial charge >= 0.3 is 0 Å². The van der Waals surface area contributed by atoms with Gasteiger partial charge in [-0.2, -0.15) is 0 Å². The van der Waals surface area contributed by atoms with E-state index in [1.54, 1.807) is 0 Å². The molecule has 0 saturated carbocycles. The van der Waals surface area contributed by atoms with Crippen LogP contribution in [0.4, 0.5) is 11.4 Å². The number of hydrogen-bond acceptors (Lipinski definition) is 2. The predicted octanol–water partition coefficient (Wildman–Crippen LogP) is 3.61. The first-order chi connectivity index (χ1) is 8.90. The summed E-state index contributed by atoms with van der Waals surface area (Å²) in [5.41, 5.74) is 10.9. The maximum absolute atomic E-state index is 5.67. The maximum Gasteiger partial charge on any atom is 0.0423 e. The predicted molar refractivity (Wildman–Crippen MR) is 76.3 cm³/mol. The van der Waals surface area contributed by atoms with Crippen LogP contribution >= 0.6 is 0 Å². The first-order valence-corrected chi connectivity index (χ1v) is 6.55. The summed E-state index contributed by atoms with van der Waals surface area (Å²) in [6.07, 6.45) is 2.18. The minimum Gasteiger partial charge on any atom is -0.355 e. The molecule has 0 aliphatic carbocycles. The van der Waals surface area contributed by atoms with Crippen LogP contribution in [0, 0.1) is 0 Å². The first kappa shape index (κ1) is 11.3. The van der Waals surface area contributed by atoms with Gasteiger partial charge in [-0.3, -0.25) is 0 Å². The molecule has 1 heterocycles. The molecule has 0 spiro atoms. The molecule has 0 aromatic heterocycles. The Balaban J connectivity index is 2.05. The molecule has 0 radical (unpaired) electrons. The van der Waals surface area contributed by atoms with Crippen molar-refractivity contribution < 1.29 is 0 Å². The van der Waals surface area contributed by atoms with Gasteiger partial charge in [0.15, 0.2) is 0 Å². The van der Waals surface area contributed by atoms with E-state index in [2.05, 4.69) is 53.8 Å². The molecule has 2 aromatic rings. The van der Waals surface area contributed by atoms with Gasteiger partial charge in [0.1, 0.15) is 0 Å². The van der Waals surface area contributed by atoms with Crippen molar-refractivity contribution >= 4 is 11.4 Å². The van der Waals surface area contributed by atoms with Gasteiger partial charge in [-0.25, -0.2) is 0 Å². The average molecular weight is 238 g/mol. The lowest BCUT2D eigenvalue weighted by Crippen LogP contribution is -2.14. The van der Waals surface area contributed by atoms with Gasteiger partial charge in [0.05, 0.1) is 0 Å². The van der Waals surface area contributed by atoms with Crippen LogP contribution in [0.3, 0.4) is 0 Å². The molecule has 1 aliphatic rings. The van der Waals surface area contributed by atoms with Gasteiger partial charge in [0.2, 0.25) is 0 Å². The second-order valence-corrected chi connectivity index (χ2v) is 4.78. The molecule has 0 atom stereocenters. The topological polar surface area (TPSA) is 38.0 Å². The van der Waals surface area contributed by atoms with Crippen molar-refractivity contribution in [2.45, 2.75) is 18.8 Å². The minimum atomic E-state index is 0.474. The number of benzene rings is 2. The van der Waals surface area contributed by atoms with Crippen molar-refractivity contribution in [3.8, 4) is 0 Å². The highest BCUT2D eigenvalue weighted by molar-refractivity contribution is 5.73. The fourth-order valence-electron chi connectivity index (χ4n) is 2.78. The van der Waals surface area contributed by atoms with Crippen LogP contribution in [0.25, 0.3) is 0 Å². The van der Waals surface area contributed by atoms with E-state index in [9.17, 15) is 0 Å². The smallest absolute Gasteiger partial charge is 0.0423 e. The number of para-hydroxylation sites is 2. The Kier molecular flexibility index (Phi) is 3.03. The van der Waals surface area contributed by atoms with E-state index < -0.39 is 0 Å². The van der Waals surface area contributed by atoms with Crippen molar-refractivity contribution in [2.24, 2.45) is 5.73 Å². The fraction of sp³-hybridized carbons (Fsp3) is 0.250. The summed E-state index contributed by atoms with van der Waals surface area (Å²) in [5.74, 6) is 0.474. The molecule has 0 fully saturated rings. The van der Waals surface area contributed by atoms with Gasteiger partial charge in [-0.05, 0) is 42.6 Å². The molecule has 1 aliphatic heterocycles. The second kappa shape index (κ2) is 4.83. The summed E-state index contributed by atoms with van der Waals surface area (Å²) in [5, 5.41) is 3.52. The highest BCUT2D eigenvalue weighted by atomic mass is 14.9. The monoisotopic (exact) mass is 238 g/mol. The zero-order valence-electron chi connectivity index (χ0n) is 10.4. The molecule has 3 rings (SSSR count). The maximum atomic E-state index is 5.67. The number of nitrogens with two attached hydrogens (primary N) is 1. The highest BCUT2D eigenvalue weighted by Gasteiger charge is 2.23. The average Bonchev–Trinajstić information content (AvgIpc) is 2.43. The van der Waals surface area contributed by atoms with Crippen LogP contribution in [-0.2, 0) is 0 Å². The Hall–Kier alpha value is -1.80. The normalized spacial score (nSPS) is 13.6.